The van der Waals surface area contributed by atoms with Crippen molar-refractivity contribution in [3.05, 3.63) is 59.7 Å². The van der Waals surface area contributed by atoms with Crippen LogP contribution in [0, 0.1) is 0 Å². The van der Waals surface area contributed by atoms with Gasteiger partial charge in [-0.15, -0.1) is 0 Å². The van der Waals surface area contributed by atoms with E-state index in [0.29, 0.717) is 17.7 Å². The molecular formula is C18H17NO5S. The third-order valence-corrected chi connectivity index (χ3v) is 4.78. The van der Waals surface area contributed by atoms with Crippen LogP contribution < -0.4 is 10.1 Å². The van der Waals surface area contributed by atoms with Crippen LogP contribution in [-0.2, 0) is 11.2 Å². The van der Waals surface area contributed by atoms with Crippen LogP contribution in [0.15, 0.2) is 48.5 Å². The fourth-order valence-electron chi connectivity index (χ4n) is 2.43. The molecule has 0 spiro atoms. The highest BCUT2D eigenvalue weighted by atomic mass is 32.2. The van der Waals surface area contributed by atoms with Gasteiger partial charge in [0, 0.05) is 0 Å². The van der Waals surface area contributed by atoms with Gasteiger partial charge in [0.25, 0.3) is 5.24 Å². The van der Waals surface area contributed by atoms with Gasteiger partial charge in [-0.05, 0) is 41.8 Å². The number of rotatable bonds is 6. The number of phenols is 1. The zero-order chi connectivity index (χ0) is 17.8. The lowest BCUT2D eigenvalue weighted by Gasteiger charge is -2.13. The highest BCUT2D eigenvalue weighted by Gasteiger charge is 2.31. The molecule has 6 nitrogen and oxygen atoms in total. The number of amides is 2. The number of carbonyl (C=O) groups is 2. The van der Waals surface area contributed by atoms with Crippen molar-refractivity contribution >= 4 is 22.9 Å². The Morgan fingerprint density at radius 2 is 1.76 bits per heavy atom. The van der Waals surface area contributed by atoms with Crippen molar-refractivity contribution in [3.63, 3.8) is 0 Å². The summed E-state index contributed by atoms with van der Waals surface area (Å²) >= 11 is 1.00. The van der Waals surface area contributed by atoms with E-state index in [4.69, 9.17) is 4.74 Å². The molecule has 0 saturated carbocycles. The Morgan fingerprint density at radius 1 is 1.08 bits per heavy atom. The number of imide groups is 1. The number of aliphatic hydroxyl groups is 1. The summed E-state index contributed by atoms with van der Waals surface area (Å²) in [6.07, 6.45) is -0.330. The van der Waals surface area contributed by atoms with Crippen LogP contribution in [0.2, 0.25) is 0 Å². The van der Waals surface area contributed by atoms with E-state index >= 15 is 0 Å². The SMILES string of the molecule is O=C1NC(=O)C(Cc2ccc(OCC(O)c3ccc(O)cc3)cc2)S1. The Kier molecular flexibility index (Phi) is 5.25. The molecule has 2 atom stereocenters. The monoisotopic (exact) mass is 359 g/mol. The lowest BCUT2D eigenvalue weighted by Crippen LogP contribution is -2.25. The first kappa shape index (κ1) is 17.3. The molecule has 2 aromatic carbocycles. The van der Waals surface area contributed by atoms with Crippen LogP contribution in [-0.4, -0.2) is 33.2 Å². The molecule has 2 unspecified atom stereocenters. The summed E-state index contributed by atoms with van der Waals surface area (Å²) in [6.45, 7) is 0.0828. The minimum absolute atomic E-state index is 0.0828. The first-order valence-electron chi connectivity index (χ1n) is 7.71. The van der Waals surface area contributed by atoms with Gasteiger partial charge < -0.3 is 14.9 Å². The third-order valence-electron chi connectivity index (χ3n) is 3.80. The van der Waals surface area contributed by atoms with E-state index in [0.717, 1.165) is 17.3 Å². The number of aliphatic hydroxyl groups excluding tert-OH is 1. The van der Waals surface area contributed by atoms with Gasteiger partial charge in [-0.3, -0.25) is 14.9 Å². The molecule has 2 aromatic rings. The first-order chi connectivity index (χ1) is 12.0. The Balaban J connectivity index is 1.53. The second kappa shape index (κ2) is 7.58. The van der Waals surface area contributed by atoms with Crippen molar-refractivity contribution in [2.45, 2.75) is 17.8 Å². The maximum absolute atomic E-state index is 11.6. The number of nitrogens with one attached hydrogen (secondary N) is 1. The van der Waals surface area contributed by atoms with E-state index in [1.165, 1.54) is 12.1 Å². The Hall–Kier alpha value is -2.51. The highest BCUT2D eigenvalue weighted by molar-refractivity contribution is 8.15. The lowest BCUT2D eigenvalue weighted by atomic mass is 10.1. The van der Waals surface area contributed by atoms with Crippen LogP contribution in [0.3, 0.4) is 0 Å². The Labute approximate surface area is 148 Å². The van der Waals surface area contributed by atoms with Crippen molar-refractivity contribution in [3.8, 4) is 11.5 Å². The van der Waals surface area contributed by atoms with Crippen molar-refractivity contribution in [2.75, 3.05) is 6.61 Å². The summed E-state index contributed by atoms with van der Waals surface area (Å²) in [7, 11) is 0. The van der Waals surface area contributed by atoms with E-state index < -0.39 is 11.4 Å². The summed E-state index contributed by atoms with van der Waals surface area (Å²) in [5, 5.41) is 20.9. The predicted molar refractivity (Wildman–Crippen MR) is 93.6 cm³/mol. The molecule has 7 heteroatoms. The van der Waals surface area contributed by atoms with Gasteiger partial charge in [-0.1, -0.05) is 36.0 Å². The fourth-order valence-corrected chi connectivity index (χ4v) is 3.29. The van der Waals surface area contributed by atoms with Gasteiger partial charge in [0.05, 0.1) is 5.25 Å². The van der Waals surface area contributed by atoms with Crippen LogP contribution in [0.25, 0.3) is 0 Å². The summed E-state index contributed by atoms with van der Waals surface area (Å²) in [6, 6.07) is 13.5. The molecule has 0 bridgehead atoms. The first-order valence-corrected chi connectivity index (χ1v) is 8.59. The zero-order valence-corrected chi connectivity index (χ0v) is 14.0. The molecule has 3 N–H and O–H groups in total. The molecule has 2 amide bonds. The number of ether oxygens (including phenoxy) is 1. The second-order valence-corrected chi connectivity index (χ2v) is 6.83. The summed E-state index contributed by atoms with van der Waals surface area (Å²) in [5.74, 6) is 0.483. The molecule has 1 heterocycles. The third kappa shape index (κ3) is 4.52. The second-order valence-electron chi connectivity index (χ2n) is 5.65. The van der Waals surface area contributed by atoms with Crippen molar-refractivity contribution in [1.82, 2.24) is 5.32 Å². The molecule has 1 aliphatic rings. The average molecular weight is 359 g/mol. The molecule has 25 heavy (non-hydrogen) atoms. The van der Waals surface area contributed by atoms with E-state index in [-0.39, 0.29) is 23.5 Å². The largest absolute Gasteiger partial charge is 0.508 e. The minimum Gasteiger partial charge on any atom is -0.508 e. The quantitative estimate of drug-likeness (QED) is 0.733. The molecule has 1 saturated heterocycles. The van der Waals surface area contributed by atoms with Crippen LogP contribution in [0.1, 0.15) is 17.2 Å². The van der Waals surface area contributed by atoms with Crippen molar-refractivity contribution in [2.24, 2.45) is 0 Å². The summed E-state index contributed by atoms with van der Waals surface area (Å²) < 4.78 is 5.56. The number of aromatic hydroxyl groups is 1. The van der Waals surface area contributed by atoms with Gasteiger partial charge in [0.15, 0.2) is 0 Å². The fraction of sp³-hybridized carbons (Fsp3) is 0.222. The highest BCUT2D eigenvalue weighted by Crippen LogP contribution is 2.24. The van der Waals surface area contributed by atoms with Crippen LogP contribution in [0.5, 0.6) is 11.5 Å². The predicted octanol–water partition coefficient (Wildman–Crippen LogP) is 2.40. The summed E-state index contributed by atoms with van der Waals surface area (Å²) in [5.41, 5.74) is 1.58. The van der Waals surface area contributed by atoms with E-state index in [2.05, 4.69) is 5.32 Å². The number of carbonyl (C=O) groups excluding carboxylic acids is 2. The molecule has 0 radical (unpaired) electrons. The van der Waals surface area contributed by atoms with Gasteiger partial charge in [0.2, 0.25) is 5.91 Å². The maximum atomic E-state index is 11.6. The number of thioether (sulfide) groups is 1. The van der Waals surface area contributed by atoms with Gasteiger partial charge in [-0.2, -0.15) is 0 Å². The molecule has 1 fully saturated rings. The minimum atomic E-state index is -0.801. The molecule has 3 rings (SSSR count). The Bertz CT molecular complexity index is 760. The van der Waals surface area contributed by atoms with Crippen molar-refractivity contribution < 1.29 is 24.5 Å². The number of phenolic OH excluding ortho intramolecular Hbond substituents is 1. The number of hydrogen-bond donors (Lipinski definition) is 3. The lowest BCUT2D eigenvalue weighted by molar-refractivity contribution is -0.118. The number of benzene rings is 2. The molecule has 130 valence electrons. The molecule has 1 aliphatic heterocycles. The summed E-state index contributed by atoms with van der Waals surface area (Å²) in [4.78, 5) is 22.7. The van der Waals surface area contributed by atoms with E-state index in [1.54, 1.807) is 24.3 Å². The number of hydrogen-bond acceptors (Lipinski definition) is 6. The van der Waals surface area contributed by atoms with Gasteiger partial charge in [0.1, 0.15) is 24.2 Å². The standard InChI is InChI=1S/C18H17NO5S/c20-13-5-3-12(4-6-13)15(21)10-24-14-7-1-11(2-8-14)9-16-17(22)19-18(23)25-16/h1-8,15-16,20-21H,9-10H2,(H,19,22,23). The topological polar surface area (TPSA) is 95.9 Å². The maximum Gasteiger partial charge on any atom is 0.286 e. The van der Waals surface area contributed by atoms with Crippen LogP contribution in [0.4, 0.5) is 4.79 Å². The van der Waals surface area contributed by atoms with E-state index in [1.807, 2.05) is 12.1 Å². The van der Waals surface area contributed by atoms with E-state index in [9.17, 15) is 19.8 Å². The van der Waals surface area contributed by atoms with Gasteiger partial charge in [-0.25, -0.2) is 0 Å². The molecular weight excluding hydrogens is 342 g/mol. The van der Waals surface area contributed by atoms with Gasteiger partial charge >= 0.3 is 0 Å². The normalized spacial score (nSPS) is 18.0. The Morgan fingerprint density at radius 3 is 2.36 bits per heavy atom. The smallest absolute Gasteiger partial charge is 0.286 e. The van der Waals surface area contributed by atoms with Crippen LogP contribution >= 0.6 is 11.8 Å². The molecule has 0 aromatic heterocycles. The average Bonchev–Trinajstić information content (AvgIpc) is 2.92. The zero-order valence-electron chi connectivity index (χ0n) is 13.2. The molecule has 0 aliphatic carbocycles. The van der Waals surface area contributed by atoms with Crippen molar-refractivity contribution in [1.29, 1.82) is 0 Å².